The number of ether oxygens (including phenoxy) is 2. The molecule has 1 heterocycles. The molecule has 1 N–H and O–H groups in total. The summed E-state index contributed by atoms with van der Waals surface area (Å²) in [5, 5.41) is 9.73. The summed E-state index contributed by atoms with van der Waals surface area (Å²) in [6.07, 6.45) is 0. The van der Waals surface area contributed by atoms with E-state index in [4.69, 9.17) is 13.9 Å². The summed E-state index contributed by atoms with van der Waals surface area (Å²) in [7, 11) is -0.985. The van der Waals surface area contributed by atoms with Gasteiger partial charge in [-0.3, -0.25) is 10.1 Å². The second kappa shape index (κ2) is 8.27. The number of methoxy groups -OCH3 is 2. The van der Waals surface area contributed by atoms with Crippen molar-refractivity contribution in [1.82, 2.24) is 10.2 Å². The molecule has 0 spiro atoms. The number of rotatable bonds is 7. The molecule has 11 heteroatoms. The van der Waals surface area contributed by atoms with Crippen LogP contribution in [0.3, 0.4) is 0 Å². The van der Waals surface area contributed by atoms with Gasteiger partial charge in [-0.15, -0.1) is 5.10 Å². The number of sulfone groups is 1. The summed E-state index contributed by atoms with van der Waals surface area (Å²) >= 11 is 0. The van der Waals surface area contributed by atoms with Crippen LogP contribution in [0.2, 0.25) is 0 Å². The molecule has 0 atom stereocenters. The Balaban J connectivity index is 1.71. The first kappa shape index (κ1) is 20.3. The maximum absolute atomic E-state index is 12.9. The minimum absolute atomic E-state index is 0.0858. The molecular weight excluding hydrogens is 405 g/mol. The number of hydrogen-bond acceptors (Lipinski definition) is 8. The molecule has 0 aliphatic heterocycles. The van der Waals surface area contributed by atoms with Gasteiger partial charge in [0.05, 0.1) is 19.1 Å². The quantitative estimate of drug-likeness (QED) is 0.577. The van der Waals surface area contributed by atoms with E-state index in [1.165, 1.54) is 14.2 Å². The number of carbonyl (C=O) groups is 1. The van der Waals surface area contributed by atoms with E-state index in [0.29, 0.717) is 17.1 Å². The van der Waals surface area contributed by atoms with E-state index < -0.39 is 27.3 Å². The van der Waals surface area contributed by atoms with Crippen molar-refractivity contribution in [3.63, 3.8) is 0 Å². The van der Waals surface area contributed by atoms with Crippen molar-refractivity contribution in [1.29, 1.82) is 0 Å². The third kappa shape index (κ3) is 4.69. The molecule has 0 aliphatic rings. The van der Waals surface area contributed by atoms with E-state index >= 15 is 0 Å². The average molecular weight is 421 g/mol. The summed E-state index contributed by atoms with van der Waals surface area (Å²) in [5.41, 5.74) is 0.509. The number of aromatic nitrogens is 2. The first-order valence-corrected chi connectivity index (χ1v) is 9.81. The lowest BCUT2D eigenvalue weighted by molar-refractivity contribution is -0.114. The lowest BCUT2D eigenvalue weighted by atomic mass is 10.2. The Morgan fingerprint density at radius 3 is 2.41 bits per heavy atom. The Hall–Kier alpha value is -3.47. The molecule has 1 amide bonds. The third-order valence-corrected chi connectivity index (χ3v) is 5.43. The molecule has 0 saturated heterocycles. The number of amides is 1. The highest BCUT2D eigenvalue weighted by Gasteiger charge is 2.21. The maximum atomic E-state index is 12.9. The minimum atomic E-state index is -3.96. The lowest BCUT2D eigenvalue weighted by Gasteiger charge is -2.07. The highest BCUT2D eigenvalue weighted by atomic mass is 32.2. The normalized spacial score (nSPS) is 11.1. The largest absolute Gasteiger partial charge is 0.493 e. The zero-order valence-corrected chi connectivity index (χ0v) is 16.2. The molecule has 0 fully saturated rings. The Morgan fingerprint density at radius 2 is 1.76 bits per heavy atom. The molecule has 0 saturated carbocycles. The van der Waals surface area contributed by atoms with E-state index in [0.717, 1.165) is 24.3 Å². The second-order valence-corrected chi connectivity index (χ2v) is 7.73. The molecule has 29 heavy (non-hydrogen) atoms. The number of hydrogen-bond donors (Lipinski definition) is 1. The van der Waals surface area contributed by atoms with Crippen molar-refractivity contribution in [2.24, 2.45) is 0 Å². The van der Waals surface area contributed by atoms with Crippen LogP contribution in [0.5, 0.6) is 11.5 Å². The highest BCUT2D eigenvalue weighted by molar-refractivity contribution is 7.92. The number of carbonyl (C=O) groups excluding carboxylic acids is 1. The number of halogens is 1. The number of nitrogens with one attached hydrogen (secondary N) is 1. The Labute approximate surface area is 165 Å². The summed E-state index contributed by atoms with van der Waals surface area (Å²) < 4.78 is 53.1. The Kier molecular flexibility index (Phi) is 5.78. The zero-order chi connectivity index (χ0) is 21.0. The summed E-state index contributed by atoms with van der Waals surface area (Å²) in [6, 6.07) is 8.80. The smallest absolute Gasteiger partial charge is 0.322 e. The molecule has 152 valence electrons. The van der Waals surface area contributed by atoms with Gasteiger partial charge in [0.25, 0.3) is 0 Å². The number of nitrogens with zero attached hydrogens (tertiary/aromatic N) is 2. The van der Waals surface area contributed by atoms with Crippen LogP contribution in [0, 0.1) is 5.82 Å². The van der Waals surface area contributed by atoms with Gasteiger partial charge in [-0.2, -0.15) is 0 Å². The van der Waals surface area contributed by atoms with Gasteiger partial charge >= 0.3 is 6.01 Å². The van der Waals surface area contributed by atoms with Gasteiger partial charge in [0.15, 0.2) is 21.3 Å². The second-order valence-electron chi connectivity index (χ2n) is 5.74. The monoisotopic (exact) mass is 421 g/mol. The van der Waals surface area contributed by atoms with Gasteiger partial charge in [-0.05, 0) is 42.5 Å². The van der Waals surface area contributed by atoms with Crippen LogP contribution in [-0.2, 0) is 14.6 Å². The lowest BCUT2D eigenvalue weighted by Crippen LogP contribution is -2.23. The van der Waals surface area contributed by atoms with Crippen molar-refractivity contribution < 1.29 is 31.5 Å². The Morgan fingerprint density at radius 1 is 1.07 bits per heavy atom. The summed E-state index contributed by atoms with van der Waals surface area (Å²) in [5.74, 6) is -1.29. The molecule has 0 radical (unpaired) electrons. The van der Waals surface area contributed by atoms with Gasteiger partial charge in [0, 0.05) is 5.56 Å². The van der Waals surface area contributed by atoms with Gasteiger partial charge < -0.3 is 13.9 Å². The van der Waals surface area contributed by atoms with E-state index in [-0.39, 0.29) is 16.8 Å². The van der Waals surface area contributed by atoms with Crippen molar-refractivity contribution in [3.8, 4) is 23.0 Å². The van der Waals surface area contributed by atoms with Gasteiger partial charge in [0.1, 0.15) is 11.6 Å². The van der Waals surface area contributed by atoms with E-state index in [2.05, 4.69) is 15.5 Å². The topological polar surface area (TPSA) is 121 Å². The molecular formula is C18H16FN3O6S. The van der Waals surface area contributed by atoms with Crippen LogP contribution in [0.25, 0.3) is 11.5 Å². The van der Waals surface area contributed by atoms with Gasteiger partial charge in [-0.25, -0.2) is 12.8 Å². The first-order valence-electron chi connectivity index (χ1n) is 8.16. The standard InChI is InChI=1S/C18H16FN3O6S/c1-26-14-8-3-11(9-15(14)27-2)17-21-22-18(28-17)20-16(23)10-29(24,25)13-6-4-12(19)5-7-13/h3-9H,10H2,1-2H3,(H,20,22,23). The molecule has 3 rings (SSSR count). The molecule has 9 nitrogen and oxygen atoms in total. The highest BCUT2D eigenvalue weighted by Crippen LogP contribution is 2.32. The fourth-order valence-corrected chi connectivity index (χ4v) is 3.55. The van der Waals surface area contributed by atoms with Crippen LogP contribution >= 0.6 is 0 Å². The van der Waals surface area contributed by atoms with Crippen molar-refractivity contribution in [2.75, 3.05) is 25.3 Å². The average Bonchev–Trinajstić information content (AvgIpc) is 3.15. The van der Waals surface area contributed by atoms with Crippen molar-refractivity contribution in [2.45, 2.75) is 4.90 Å². The number of benzene rings is 2. The van der Waals surface area contributed by atoms with Gasteiger partial charge in [0.2, 0.25) is 11.8 Å². The Bertz CT molecular complexity index is 1130. The minimum Gasteiger partial charge on any atom is -0.493 e. The molecule has 3 aromatic rings. The van der Waals surface area contributed by atoms with Crippen LogP contribution in [0.4, 0.5) is 10.4 Å². The summed E-state index contributed by atoms with van der Waals surface area (Å²) in [6.45, 7) is 0. The van der Waals surface area contributed by atoms with Gasteiger partial charge in [-0.1, -0.05) is 5.10 Å². The van der Waals surface area contributed by atoms with Crippen LogP contribution in [0.15, 0.2) is 51.8 Å². The molecule has 0 bridgehead atoms. The first-order chi connectivity index (χ1) is 13.8. The molecule has 1 aromatic heterocycles. The molecule has 2 aromatic carbocycles. The predicted molar refractivity (Wildman–Crippen MR) is 99.9 cm³/mol. The number of anilines is 1. The van der Waals surface area contributed by atoms with Crippen molar-refractivity contribution >= 4 is 21.8 Å². The molecule has 0 aliphatic carbocycles. The van der Waals surface area contributed by atoms with E-state index in [1.807, 2.05) is 0 Å². The fourth-order valence-electron chi connectivity index (χ4n) is 2.41. The molecule has 0 unspecified atom stereocenters. The zero-order valence-electron chi connectivity index (χ0n) is 15.4. The van der Waals surface area contributed by atoms with Crippen molar-refractivity contribution in [3.05, 3.63) is 48.3 Å². The predicted octanol–water partition coefficient (Wildman–Crippen LogP) is 2.31. The van der Waals surface area contributed by atoms with Crippen LogP contribution in [-0.4, -0.2) is 44.5 Å². The van der Waals surface area contributed by atoms with Crippen LogP contribution < -0.4 is 14.8 Å². The maximum Gasteiger partial charge on any atom is 0.322 e. The van der Waals surface area contributed by atoms with E-state index in [1.54, 1.807) is 18.2 Å². The van der Waals surface area contributed by atoms with E-state index in [9.17, 15) is 17.6 Å². The van der Waals surface area contributed by atoms with Crippen LogP contribution in [0.1, 0.15) is 0 Å². The fraction of sp³-hybridized carbons (Fsp3) is 0.167. The summed E-state index contributed by atoms with van der Waals surface area (Å²) in [4.78, 5) is 11.9. The third-order valence-electron chi connectivity index (χ3n) is 3.80. The SMILES string of the molecule is COc1ccc(-c2nnc(NC(=O)CS(=O)(=O)c3ccc(F)cc3)o2)cc1OC.